The number of halogens is 3. The van der Waals surface area contributed by atoms with Gasteiger partial charge in [-0.25, -0.2) is 5.43 Å². The SMILES string of the molecule is O=C(COc1cc(Cl)ccc1Cl)N/N=C\c1ccc(F)s1. The first-order valence-corrected chi connectivity index (χ1v) is 7.27. The van der Waals surface area contributed by atoms with Crippen molar-refractivity contribution < 1.29 is 13.9 Å². The number of thiophene rings is 1. The van der Waals surface area contributed by atoms with Gasteiger partial charge in [0.05, 0.1) is 16.1 Å². The first kappa shape index (κ1) is 15.8. The fraction of sp³-hybridized carbons (Fsp3) is 0.0769. The highest BCUT2D eigenvalue weighted by molar-refractivity contribution is 7.12. The molecule has 110 valence electrons. The molecule has 0 fully saturated rings. The Kier molecular flexibility index (Phi) is 5.55. The number of hydrogen-bond donors (Lipinski definition) is 1. The number of carbonyl (C=O) groups excluding carboxylic acids is 1. The first-order valence-electron chi connectivity index (χ1n) is 5.69. The van der Waals surface area contributed by atoms with E-state index in [1.54, 1.807) is 18.2 Å². The van der Waals surface area contributed by atoms with E-state index in [1.807, 2.05) is 0 Å². The second-order valence-electron chi connectivity index (χ2n) is 3.80. The molecular formula is C13H9Cl2FN2O2S. The molecule has 0 spiro atoms. The average Bonchev–Trinajstić information content (AvgIpc) is 2.85. The van der Waals surface area contributed by atoms with Crippen LogP contribution in [0, 0.1) is 5.13 Å². The molecule has 1 aromatic heterocycles. The van der Waals surface area contributed by atoms with E-state index < -0.39 is 5.91 Å². The monoisotopic (exact) mass is 346 g/mol. The molecule has 21 heavy (non-hydrogen) atoms. The molecule has 4 nitrogen and oxygen atoms in total. The normalized spacial score (nSPS) is 10.8. The lowest BCUT2D eigenvalue weighted by molar-refractivity contribution is -0.123. The third-order valence-corrected chi connectivity index (χ3v) is 3.58. The highest BCUT2D eigenvalue weighted by Crippen LogP contribution is 2.27. The number of amides is 1. The van der Waals surface area contributed by atoms with Gasteiger partial charge in [0, 0.05) is 11.1 Å². The van der Waals surface area contributed by atoms with Gasteiger partial charge < -0.3 is 4.74 Å². The van der Waals surface area contributed by atoms with Gasteiger partial charge in [-0.3, -0.25) is 4.79 Å². The summed E-state index contributed by atoms with van der Waals surface area (Å²) in [5.74, 6) is -0.164. The fourth-order valence-electron chi connectivity index (χ4n) is 1.33. The molecule has 1 heterocycles. The van der Waals surface area contributed by atoms with Crippen LogP contribution in [0.25, 0.3) is 0 Å². The second-order valence-corrected chi connectivity index (χ2v) is 5.71. The van der Waals surface area contributed by atoms with Crippen LogP contribution in [-0.2, 0) is 4.79 Å². The maximum atomic E-state index is 12.7. The summed E-state index contributed by atoms with van der Waals surface area (Å²) in [7, 11) is 0. The summed E-state index contributed by atoms with van der Waals surface area (Å²) in [5.41, 5.74) is 2.26. The lowest BCUT2D eigenvalue weighted by Gasteiger charge is -2.07. The standard InChI is InChI=1S/C13H9Cl2FN2O2S/c14-8-1-3-10(15)11(5-8)20-7-13(19)18-17-6-9-2-4-12(16)21-9/h1-6H,7H2,(H,18,19)/b17-6-. The van der Waals surface area contributed by atoms with E-state index in [4.69, 9.17) is 27.9 Å². The van der Waals surface area contributed by atoms with Crippen molar-refractivity contribution in [1.29, 1.82) is 0 Å². The van der Waals surface area contributed by atoms with Crippen molar-refractivity contribution >= 4 is 46.7 Å². The maximum Gasteiger partial charge on any atom is 0.277 e. The van der Waals surface area contributed by atoms with Crippen LogP contribution >= 0.6 is 34.5 Å². The zero-order valence-electron chi connectivity index (χ0n) is 10.5. The van der Waals surface area contributed by atoms with Gasteiger partial charge in [-0.15, -0.1) is 11.3 Å². The van der Waals surface area contributed by atoms with Crippen molar-refractivity contribution in [2.45, 2.75) is 0 Å². The molecule has 1 aromatic carbocycles. The number of nitrogens with zero attached hydrogens (tertiary/aromatic N) is 1. The lowest BCUT2D eigenvalue weighted by atomic mass is 10.3. The minimum absolute atomic E-state index is 0.268. The zero-order chi connectivity index (χ0) is 15.2. The molecule has 2 rings (SSSR count). The highest BCUT2D eigenvalue weighted by atomic mass is 35.5. The summed E-state index contributed by atoms with van der Waals surface area (Å²) in [6.45, 7) is -0.268. The molecule has 1 N–H and O–H groups in total. The third kappa shape index (κ3) is 5.00. The third-order valence-electron chi connectivity index (χ3n) is 2.23. The number of nitrogens with one attached hydrogen (secondary N) is 1. The molecule has 2 aromatic rings. The van der Waals surface area contributed by atoms with E-state index in [1.165, 1.54) is 18.3 Å². The number of carbonyl (C=O) groups is 1. The molecule has 0 radical (unpaired) electrons. The lowest BCUT2D eigenvalue weighted by Crippen LogP contribution is -2.24. The van der Waals surface area contributed by atoms with E-state index in [0.29, 0.717) is 20.7 Å². The van der Waals surface area contributed by atoms with Crippen molar-refractivity contribution in [1.82, 2.24) is 5.43 Å². The molecule has 0 saturated heterocycles. The van der Waals surface area contributed by atoms with E-state index >= 15 is 0 Å². The van der Waals surface area contributed by atoms with Crippen molar-refractivity contribution in [2.75, 3.05) is 6.61 Å². The Bertz CT molecular complexity index is 676. The Hall–Kier alpha value is -1.63. The predicted octanol–water partition coefficient (Wildman–Crippen LogP) is 3.72. The van der Waals surface area contributed by atoms with Crippen molar-refractivity contribution in [2.24, 2.45) is 5.10 Å². The minimum Gasteiger partial charge on any atom is -0.482 e. The maximum absolute atomic E-state index is 12.7. The van der Waals surface area contributed by atoms with Gasteiger partial charge in [0.15, 0.2) is 11.7 Å². The van der Waals surface area contributed by atoms with Crippen molar-refractivity contribution in [3.8, 4) is 5.75 Å². The van der Waals surface area contributed by atoms with Gasteiger partial charge in [0.25, 0.3) is 5.91 Å². The van der Waals surface area contributed by atoms with Crippen molar-refractivity contribution in [3.63, 3.8) is 0 Å². The second kappa shape index (κ2) is 7.40. The molecule has 8 heteroatoms. The van der Waals surface area contributed by atoms with Crippen molar-refractivity contribution in [3.05, 3.63) is 50.4 Å². The van der Waals surface area contributed by atoms with Gasteiger partial charge in [-0.2, -0.15) is 9.49 Å². The van der Waals surface area contributed by atoms with Gasteiger partial charge >= 0.3 is 0 Å². The average molecular weight is 347 g/mol. The molecule has 0 atom stereocenters. The van der Waals surface area contributed by atoms with Crippen LogP contribution < -0.4 is 10.2 Å². The van der Waals surface area contributed by atoms with Gasteiger partial charge in [0.2, 0.25) is 0 Å². The number of hydrogen-bond acceptors (Lipinski definition) is 4. The molecule has 1 amide bonds. The number of rotatable bonds is 5. The van der Waals surface area contributed by atoms with Crippen LogP contribution in [0.4, 0.5) is 4.39 Å². The summed E-state index contributed by atoms with van der Waals surface area (Å²) in [6.07, 6.45) is 1.35. The summed E-state index contributed by atoms with van der Waals surface area (Å²) < 4.78 is 17.9. The van der Waals surface area contributed by atoms with Gasteiger partial charge in [-0.1, -0.05) is 23.2 Å². The van der Waals surface area contributed by atoms with Crippen LogP contribution in [0.3, 0.4) is 0 Å². The molecule has 0 unspecified atom stereocenters. The molecular weight excluding hydrogens is 338 g/mol. The number of hydrazone groups is 1. The Morgan fingerprint density at radius 2 is 2.19 bits per heavy atom. The smallest absolute Gasteiger partial charge is 0.277 e. The predicted molar refractivity (Wildman–Crippen MR) is 82.0 cm³/mol. The van der Waals surface area contributed by atoms with Gasteiger partial charge in [-0.05, 0) is 24.3 Å². The Balaban J connectivity index is 1.82. The number of ether oxygens (including phenoxy) is 1. The Morgan fingerprint density at radius 3 is 2.90 bits per heavy atom. The van der Waals surface area contributed by atoms with E-state index in [-0.39, 0.29) is 11.7 Å². The zero-order valence-corrected chi connectivity index (χ0v) is 12.8. The summed E-state index contributed by atoms with van der Waals surface area (Å²) in [6, 6.07) is 7.56. The Morgan fingerprint density at radius 1 is 1.38 bits per heavy atom. The largest absolute Gasteiger partial charge is 0.482 e. The topological polar surface area (TPSA) is 50.7 Å². The Labute approximate surface area is 134 Å². The minimum atomic E-state index is -0.473. The first-order chi connectivity index (χ1) is 10.0. The van der Waals surface area contributed by atoms with Crippen LogP contribution in [0.2, 0.25) is 10.0 Å². The van der Waals surface area contributed by atoms with E-state index in [2.05, 4.69) is 10.5 Å². The quantitative estimate of drug-likeness (QED) is 0.662. The molecule has 0 saturated carbocycles. The molecule has 0 aliphatic carbocycles. The van der Waals surface area contributed by atoms with Crippen LogP contribution in [-0.4, -0.2) is 18.7 Å². The molecule has 0 aliphatic rings. The molecule has 0 aliphatic heterocycles. The van der Waals surface area contributed by atoms with Gasteiger partial charge in [0.1, 0.15) is 5.75 Å². The van der Waals surface area contributed by atoms with Crippen LogP contribution in [0.5, 0.6) is 5.75 Å². The summed E-state index contributed by atoms with van der Waals surface area (Å²) >= 11 is 12.6. The fourth-order valence-corrected chi connectivity index (χ4v) is 2.27. The molecule has 0 bridgehead atoms. The van der Waals surface area contributed by atoms with Crippen LogP contribution in [0.15, 0.2) is 35.4 Å². The summed E-state index contributed by atoms with van der Waals surface area (Å²) in [4.78, 5) is 12.1. The number of benzene rings is 1. The highest BCUT2D eigenvalue weighted by Gasteiger charge is 2.06. The summed E-state index contributed by atoms with van der Waals surface area (Å²) in [5, 5.41) is 4.17. The van der Waals surface area contributed by atoms with E-state index in [9.17, 15) is 9.18 Å². The van der Waals surface area contributed by atoms with Crippen LogP contribution in [0.1, 0.15) is 4.88 Å². The van der Waals surface area contributed by atoms with E-state index in [0.717, 1.165) is 11.3 Å².